The summed E-state index contributed by atoms with van der Waals surface area (Å²) >= 11 is 5.98. The van der Waals surface area contributed by atoms with Crippen molar-refractivity contribution in [2.24, 2.45) is 0 Å². The van der Waals surface area contributed by atoms with Crippen LogP contribution in [0, 0.1) is 5.41 Å². The molecule has 1 fully saturated rings. The first-order valence-corrected chi connectivity index (χ1v) is 7.71. The number of anilines is 1. The van der Waals surface area contributed by atoms with Gasteiger partial charge in [0.05, 0.1) is 5.69 Å². The van der Waals surface area contributed by atoms with Crippen molar-refractivity contribution in [3.05, 3.63) is 23.5 Å². The summed E-state index contributed by atoms with van der Waals surface area (Å²) < 4.78 is 0. The Morgan fingerprint density at radius 3 is 2.50 bits per heavy atom. The van der Waals surface area contributed by atoms with E-state index in [0.29, 0.717) is 10.8 Å². The normalized spacial score (nSPS) is 21.4. The molecule has 1 aromatic rings. The minimum absolute atomic E-state index is 0.0869. The van der Waals surface area contributed by atoms with Crippen LogP contribution < -0.4 is 10.6 Å². The number of piperidine rings is 1. The van der Waals surface area contributed by atoms with Crippen LogP contribution >= 0.6 is 11.6 Å². The van der Waals surface area contributed by atoms with Crippen molar-refractivity contribution in [2.45, 2.75) is 57.7 Å². The molecular formula is C15H24ClN5O. The summed E-state index contributed by atoms with van der Waals surface area (Å²) in [5.41, 5.74) is -0.114. The lowest BCUT2D eigenvalue weighted by molar-refractivity contribution is -0.245. The van der Waals surface area contributed by atoms with Crippen LogP contribution in [0.2, 0.25) is 5.15 Å². The quantitative estimate of drug-likeness (QED) is 0.381. The Balaban J connectivity index is 2.02. The van der Waals surface area contributed by atoms with E-state index in [0.717, 1.165) is 12.8 Å². The summed E-state index contributed by atoms with van der Waals surface area (Å²) in [7, 11) is 0. The maximum atomic E-state index is 10.3. The second-order valence-electron chi connectivity index (χ2n) is 7.03. The fourth-order valence-electron chi connectivity index (χ4n) is 3.23. The highest BCUT2D eigenvalue weighted by Gasteiger charge is 2.45. The molecular weight excluding hydrogens is 302 g/mol. The standard InChI is InChI=1S/C15H24ClN5O/c1-14(2)8-10(9-15(3,4)21(14)22)19-13(17)20-11-6-5-7-18-12(11)16/h5-7,10,22H,8-9H2,1-4H3,(H3,17,19,20). The Hall–Kier alpha value is -1.37. The van der Waals surface area contributed by atoms with E-state index in [1.54, 1.807) is 18.3 Å². The van der Waals surface area contributed by atoms with E-state index in [-0.39, 0.29) is 23.1 Å². The van der Waals surface area contributed by atoms with Gasteiger partial charge in [0, 0.05) is 23.3 Å². The average Bonchev–Trinajstić information content (AvgIpc) is 2.38. The first-order chi connectivity index (χ1) is 10.1. The van der Waals surface area contributed by atoms with E-state index in [9.17, 15) is 5.21 Å². The van der Waals surface area contributed by atoms with Crippen LogP contribution in [0.15, 0.2) is 18.3 Å². The molecule has 0 saturated carbocycles. The highest BCUT2D eigenvalue weighted by Crippen LogP contribution is 2.36. The number of halogens is 1. The predicted molar refractivity (Wildman–Crippen MR) is 88.5 cm³/mol. The summed E-state index contributed by atoms with van der Waals surface area (Å²) in [5, 5.41) is 26.2. The number of nitrogens with one attached hydrogen (secondary N) is 3. The van der Waals surface area contributed by atoms with E-state index >= 15 is 0 Å². The third-order valence-corrected chi connectivity index (χ3v) is 4.31. The second-order valence-corrected chi connectivity index (χ2v) is 7.39. The summed E-state index contributed by atoms with van der Waals surface area (Å²) in [6.07, 6.45) is 3.07. The van der Waals surface area contributed by atoms with Crippen LogP contribution in [0.1, 0.15) is 40.5 Å². The lowest BCUT2D eigenvalue weighted by atomic mass is 9.79. The fraction of sp³-hybridized carbons (Fsp3) is 0.600. The van der Waals surface area contributed by atoms with E-state index in [1.807, 2.05) is 27.7 Å². The Morgan fingerprint density at radius 1 is 1.36 bits per heavy atom. The molecule has 0 aliphatic carbocycles. The SMILES string of the molecule is CC1(C)CC(NC(=N)Nc2cccnc2Cl)CC(C)(C)N1O. The molecule has 0 bridgehead atoms. The van der Waals surface area contributed by atoms with Crippen LogP contribution in [0.5, 0.6) is 0 Å². The molecule has 1 aliphatic rings. The molecule has 0 amide bonds. The molecule has 1 saturated heterocycles. The molecule has 0 aromatic carbocycles. The van der Waals surface area contributed by atoms with Crippen molar-refractivity contribution < 1.29 is 5.21 Å². The van der Waals surface area contributed by atoms with Crippen LogP contribution in [-0.4, -0.2) is 38.3 Å². The van der Waals surface area contributed by atoms with Gasteiger partial charge in [-0.3, -0.25) is 5.41 Å². The van der Waals surface area contributed by atoms with Crippen LogP contribution in [0.4, 0.5) is 5.69 Å². The van der Waals surface area contributed by atoms with Crippen LogP contribution in [-0.2, 0) is 0 Å². The largest absolute Gasteiger partial charge is 0.353 e. The fourth-order valence-corrected chi connectivity index (χ4v) is 3.39. The Morgan fingerprint density at radius 2 is 1.95 bits per heavy atom. The third-order valence-electron chi connectivity index (χ3n) is 4.01. The highest BCUT2D eigenvalue weighted by molar-refractivity contribution is 6.32. The van der Waals surface area contributed by atoms with Crippen molar-refractivity contribution in [1.29, 1.82) is 5.41 Å². The minimum Gasteiger partial charge on any atom is -0.353 e. The molecule has 7 heteroatoms. The number of hydrogen-bond acceptors (Lipinski definition) is 4. The number of hydroxylamine groups is 2. The maximum absolute atomic E-state index is 10.3. The van der Waals surface area contributed by atoms with Gasteiger partial charge in [0.1, 0.15) is 0 Å². The van der Waals surface area contributed by atoms with Crippen molar-refractivity contribution >= 4 is 23.2 Å². The first-order valence-electron chi connectivity index (χ1n) is 7.34. The van der Waals surface area contributed by atoms with E-state index in [2.05, 4.69) is 15.6 Å². The Kier molecular flexibility index (Phi) is 4.65. The minimum atomic E-state index is -0.356. The number of guanidine groups is 1. The predicted octanol–water partition coefficient (Wildman–Crippen LogP) is 3.08. The van der Waals surface area contributed by atoms with E-state index in [4.69, 9.17) is 17.0 Å². The van der Waals surface area contributed by atoms with Gasteiger partial charge in [0.2, 0.25) is 0 Å². The molecule has 4 N–H and O–H groups in total. The molecule has 1 aromatic heterocycles. The molecule has 6 nitrogen and oxygen atoms in total. The number of hydrogen-bond donors (Lipinski definition) is 4. The van der Waals surface area contributed by atoms with Gasteiger partial charge in [-0.2, -0.15) is 5.06 Å². The molecule has 2 rings (SSSR count). The number of aromatic nitrogens is 1. The van der Waals surface area contributed by atoms with Crippen LogP contribution in [0.3, 0.4) is 0 Å². The molecule has 1 aliphatic heterocycles. The monoisotopic (exact) mass is 325 g/mol. The molecule has 0 unspecified atom stereocenters. The number of pyridine rings is 1. The average molecular weight is 326 g/mol. The van der Waals surface area contributed by atoms with Gasteiger partial charge in [-0.05, 0) is 52.7 Å². The van der Waals surface area contributed by atoms with Crippen molar-refractivity contribution in [1.82, 2.24) is 15.4 Å². The van der Waals surface area contributed by atoms with E-state index < -0.39 is 0 Å². The van der Waals surface area contributed by atoms with Crippen molar-refractivity contribution in [3.8, 4) is 0 Å². The van der Waals surface area contributed by atoms with Crippen LogP contribution in [0.25, 0.3) is 0 Å². The van der Waals surface area contributed by atoms with Gasteiger partial charge >= 0.3 is 0 Å². The maximum Gasteiger partial charge on any atom is 0.193 e. The molecule has 122 valence electrons. The van der Waals surface area contributed by atoms with Crippen molar-refractivity contribution in [2.75, 3.05) is 5.32 Å². The Labute approximate surface area is 136 Å². The molecule has 0 radical (unpaired) electrons. The van der Waals surface area contributed by atoms with Gasteiger partial charge in [-0.25, -0.2) is 4.98 Å². The number of nitrogens with zero attached hydrogens (tertiary/aromatic N) is 2. The summed E-state index contributed by atoms with van der Waals surface area (Å²) in [6, 6.07) is 3.62. The van der Waals surface area contributed by atoms with E-state index in [1.165, 1.54) is 5.06 Å². The topological polar surface area (TPSA) is 84.3 Å². The zero-order valence-corrected chi connectivity index (χ0v) is 14.2. The number of rotatable bonds is 2. The lowest BCUT2D eigenvalue weighted by Crippen LogP contribution is -2.63. The summed E-state index contributed by atoms with van der Waals surface area (Å²) in [4.78, 5) is 3.97. The molecule has 0 atom stereocenters. The third kappa shape index (κ3) is 3.69. The zero-order chi connectivity index (χ0) is 16.5. The second kappa shape index (κ2) is 6.02. The summed E-state index contributed by atoms with van der Waals surface area (Å²) in [5.74, 6) is 0.179. The van der Waals surface area contributed by atoms with Gasteiger partial charge in [0.25, 0.3) is 0 Å². The van der Waals surface area contributed by atoms with Gasteiger partial charge in [-0.15, -0.1) is 0 Å². The molecule has 2 heterocycles. The first kappa shape index (κ1) is 17.0. The van der Waals surface area contributed by atoms with Crippen molar-refractivity contribution in [3.63, 3.8) is 0 Å². The van der Waals surface area contributed by atoms with Gasteiger partial charge < -0.3 is 15.8 Å². The Bertz CT molecular complexity index is 543. The molecule has 22 heavy (non-hydrogen) atoms. The smallest absolute Gasteiger partial charge is 0.193 e. The zero-order valence-electron chi connectivity index (χ0n) is 13.4. The molecule has 0 spiro atoms. The highest BCUT2D eigenvalue weighted by atomic mass is 35.5. The van der Waals surface area contributed by atoms with Gasteiger partial charge in [0.15, 0.2) is 11.1 Å². The lowest BCUT2D eigenvalue weighted by Gasteiger charge is -2.51. The van der Waals surface area contributed by atoms with Gasteiger partial charge in [-0.1, -0.05) is 11.6 Å². The summed E-state index contributed by atoms with van der Waals surface area (Å²) in [6.45, 7) is 7.99.